The van der Waals surface area contributed by atoms with Crippen molar-refractivity contribution in [1.29, 1.82) is 0 Å². The average Bonchev–Trinajstić information content (AvgIpc) is 2.99. The number of aryl methyl sites for hydroxylation is 1. The Morgan fingerprint density at radius 3 is 2.78 bits per heavy atom. The highest BCUT2D eigenvalue weighted by molar-refractivity contribution is 5.91. The fraction of sp³-hybridized carbons (Fsp3) is 0.133. The Bertz CT molecular complexity index is 785. The Kier molecular flexibility index (Phi) is 4.23. The first-order valence-corrected chi connectivity index (χ1v) is 6.90. The highest BCUT2D eigenvalue weighted by atomic mass is 16.5. The van der Waals surface area contributed by atoms with Crippen LogP contribution in [0.5, 0.6) is 0 Å². The van der Waals surface area contributed by atoms with Crippen molar-refractivity contribution in [3.05, 3.63) is 60.0 Å². The summed E-state index contributed by atoms with van der Waals surface area (Å²) in [6, 6.07) is 5.43. The van der Waals surface area contributed by atoms with Gasteiger partial charge in [-0.05, 0) is 18.6 Å². The molecular formula is C15H14N6O2. The molecule has 3 aromatic heterocycles. The van der Waals surface area contributed by atoms with Gasteiger partial charge in [0.2, 0.25) is 0 Å². The topological polar surface area (TPSA) is 106 Å². The van der Waals surface area contributed by atoms with E-state index in [2.05, 4.69) is 30.7 Å². The fourth-order valence-electron chi connectivity index (χ4n) is 1.84. The van der Waals surface area contributed by atoms with Crippen molar-refractivity contribution in [3.63, 3.8) is 0 Å². The third kappa shape index (κ3) is 3.88. The molecular weight excluding hydrogens is 296 g/mol. The van der Waals surface area contributed by atoms with E-state index >= 15 is 0 Å². The van der Waals surface area contributed by atoms with Gasteiger partial charge in [-0.25, -0.2) is 9.97 Å². The number of anilines is 2. The highest BCUT2D eigenvalue weighted by Gasteiger charge is 2.08. The summed E-state index contributed by atoms with van der Waals surface area (Å²) in [7, 11) is 0. The first-order valence-electron chi connectivity index (χ1n) is 6.90. The maximum absolute atomic E-state index is 12.0. The van der Waals surface area contributed by atoms with Gasteiger partial charge in [-0.3, -0.25) is 9.78 Å². The van der Waals surface area contributed by atoms with Crippen LogP contribution in [-0.2, 0) is 6.54 Å². The molecule has 8 heteroatoms. The molecule has 0 saturated carbocycles. The number of rotatable bonds is 5. The molecule has 0 bridgehead atoms. The summed E-state index contributed by atoms with van der Waals surface area (Å²) in [6.07, 6.45) is 6.23. The van der Waals surface area contributed by atoms with Crippen molar-refractivity contribution >= 4 is 17.5 Å². The second kappa shape index (κ2) is 6.65. The van der Waals surface area contributed by atoms with Gasteiger partial charge in [0, 0.05) is 25.0 Å². The largest absolute Gasteiger partial charge is 0.360 e. The van der Waals surface area contributed by atoms with Crippen LogP contribution in [-0.4, -0.2) is 26.0 Å². The molecule has 116 valence electrons. The molecule has 2 N–H and O–H groups in total. The lowest BCUT2D eigenvalue weighted by molar-refractivity contribution is 0.0945. The van der Waals surface area contributed by atoms with Crippen molar-refractivity contribution in [3.8, 4) is 0 Å². The Balaban J connectivity index is 1.59. The van der Waals surface area contributed by atoms with Crippen LogP contribution in [0.15, 0.2) is 47.5 Å². The summed E-state index contributed by atoms with van der Waals surface area (Å²) >= 11 is 0. The number of aromatic nitrogens is 4. The van der Waals surface area contributed by atoms with Crippen LogP contribution in [0.25, 0.3) is 0 Å². The standard InChI is InChI=1S/C15H14N6O2/c1-10-5-13(21-23-10)20-14-9-17-12(8-18-14)15(22)19-7-11-3-2-4-16-6-11/h2-6,8-9H,7H2,1H3,(H,19,22)(H,18,20,21). The zero-order valence-corrected chi connectivity index (χ0v) is 12.4. The van der Waals surface area contributed by atoms with E-state index in [9.17, 15) is 4.79 Å². The third-order valence-corrected chi connectivity index (χ3v) is 2.94. The number of carbonyl (C=O) groups excluding carboxylic acids is 1. The number of amides is 1. The molecule has 0 aliphatic heterocycles. The Morgan fingerprint density at radius 1 is 1.22 bits per heavy atom. The van der Waals surface area contributed by atoms with Crippen molar-refractivity contribution in [1.82, 2.24) is 25.4 Å². The first kappa shape index (κ1) is 14.6. The SMILES string of the molecule is Cc1cc(Nc2cnc(C(=O)NCc3cccnc3)cn2)no1. The third-order valence-electron chi connectivity index (χ3n) is 2.94. The van der Waals surface area contributed by atoms with E-state index in [4.69, 9.17) is 4.52 Å². The number of hydrogen-bond donors (Lipinski definition) is 2. The minimum Gasteiger partial charge on any atom is -0.360 e. The minimum atomic E-state index is -0.301. The summed E-state index contributed by atoms with van der Waals surface area (Å²) in [5, 5.41) is 9.48. The lowest BCUT2D eigenvalue weighted by atomic mass is 10.3. The molecule has 0 aliphatic rings. The van der Waals surface area contributed by atoms with Gasteiger partial charge in [-0.15, -0.1) is 0 Å². The molecule has 3 heterocycles. The highest BCUT2D eigenvalue weighted by Crippen LogP contribution is 2.13. The smallest absolute Gasteiger partial charge is 0.271 e. The van der Waals surface area contributed by atoms with Gasteiger partial charge in [0.05, 0.1) is 12.4 Å². The Labute approximate surface area is 132 Å². The predicted octanol–water partition coefficient (Wildman–Crippen LogP) is 1.84. The molecule has 0 radical (unpaired) electrons. The van der Waals surface area contributed by atoms with E-state index < -0.39 is 0 Å². The van der Waals surface area contributed by atoms with Crippen LogP contribution in [0, 0.1) is 6.92 Å². The first-order chi connectivity index (χ1) is 11.2. The second-order valence-electron chi connectivity index (χ2n) is 4.78. The van der Waals surface area contributed by atoms with Crippen molar-refractivity contribution in [2.75, 3.05) is 5.32 Å². The average molecular weight is 310 g/mol. The van der Waals surface area contributed by atoms with E-state index in [0.717, 1.165) is 5.56 Å². The predicted molar refractivity (Wildman–Crippen MR) is 82.0 cm³/mol. The lowest BCUT2D eigenvalue weighted by Gasteiger charge is -2.05. The van der Waals surface area contributed by atoms with Crippen LogP contribution >= 0.6 is 0 Å². The van der Waals surface area contributed by atoms with E-state index in [1.807, 2.05) is 12.1 Å². The maximum Gasteiger partial charge on any atom is 0.271 e. The molecule has 0 saturated heterocycles. The van der Waals surface area contributed by atoms with Gasteiger partial charge < -0.3 is 15.2 Å². The summed E-state index contributed by atoms with van der Waals surface area (Å²) in [5.74, 6) is 1.39. The fourth-order valence-corrected chi connectivity index (χ4v) is 1.84. The molecule has 0 atom stereocenters. The summed E-state index contributed by atoms with van der Waals surface area (Å²) in [4.78, 5) is 24.2. The normalized spacial score (nSPS) is 10.3. The van der Waals surface area contributed by atoms with Gasteiger partial charge in [-0.2, -0.15) is 0 Å². The summed E-state index contributed by atoms with van der Waals surface area (Å²) in [6.45, 7) is 2.17. The number of hydrogen-bond acceptors (Lipinski definition) is 7. The number of carbonyl (C=O) groups is 1. The minimum absolute atomic E-state index is 0.232. The quantitative estimate of drug-likeness (QED) is 0.740. The van der Waals surface area contributed by atoms with Gasteiger partial charge in [0.1, 0.15) is 17.3 Å². The van der Waals surface area contributed by atoms with Gasteiger partial charge >= 0.3 is 0 Å². The number of nitrogens with one attached hydrogen (secondary N) is 2. The lowest BCUT2D eigenvalue weighted by Crippen LogP contribution is -2.24. The van der Waals surface area contributed by atoms with Crippen LogP contribution < -0.4 is 10.6 Å². The molecule has 3 rings (SSSR count). The van der Waals surface area contributed by atoms with Crippen molar-refractivity contribution < 1.29 is 9.32 Å². The molecule has 0 spiro atoms. The molecule has 23 heavy (non-hydrogen) atoms. The number of nitrogens with zero attached hydrogens (tertiary/aromatic N) is 4. The number of pyridine rings is 1. The van der Waals surface area contributed by atoms with E-state index in [-0.39, 0.29) is 11.6 Å². The Hall–Kier alpha value is -3.29. The van der Waals surface area contributed by atoms with Crippen LogP contribution in [0.1, 0.15) is 21.8 Å². The molecule has 8 nitrogen and oxygen atoms in total. The van der Waals surface area contributed by atoms with E-state index in [1.165, 1.54) is 12.4 Å². The van der Waals surface area contributed by atoms with Crippen LogP contribution in [0.3, 0.4) is 0 Å². The maximum atomic E-state index is 12.0. The molecule has 0 unspecified atom stereocenters. The molecule has 1 amide bonds. The second-order valence-corrected chi connectivity index (χ2v) is 4.78. The van der Waals surface area contributed by atoms with Crippen molar-refractivity contribution in [2.24, 2.45) is 0 Å². The van der Waals surface area contributed by atoms with Crippen LogP contribution in [0.4, 0.5) is 11.6 Å². The molecule has 0 aromatic carbocycles. The monoisotopic (exact) mass is 310 g/mol. The van der Waals surface area contributed by atoms with E-state index in [0.29, 0.717) is 23.9 Å². The summed E-state index contributed by atoms with van der Waals surface area (Å²) in [5.41, 5.74) is 1.14. The molecule has 3 aromatic rings. The zero-order valence-electron chi connectivity index (χ0n) is 12.4. The Morgan fingerprint density at radius 2 is 2.13 bits per heavy atom. The van der Waals surface area contributed by atoms with Crippen molar-refractivity contribution in [2.45, 2.75) is 13.5 Å². The molecule has 0 fully saturated rings. The van der Waals surface area contributed by atoms with Gasteiger partial charge in [0.15, 0.2) is 5.82 Å². The van der Waals surface area contributed by atoms with E-state index in [1.54, 1.807) is 25.4 Å². The van der Waals surface area contributed by atoms with Crippen LogP contribution in [0.2, 0.25) is 0 Å². The van der Waals surface area contributed by atoms with Gasteiger partial charge in [0.25, 0.3) is 5.91 Å². The molecule has 0 aliphatic carbocycles. The summed E-state index contributed by atoms with van der Waals surface area (Å²) < 4.78 is 4.94. The zero-order chi connectivity index (χ0) is 16.1. The van der Waals surface area contributed by atoms with Gasteiger partial charge in [-0.1, -0.05) is 11.2 Å².